The van der Waals surface area contributed by atoms with Crippen LogP contribution in [0.4, 0.5) is 0 Å². The molecule has 1 saturated heterocycles. The number of furan rings is 1. The molecular formula is C12H16N2O2. The highest BCUT2D eigenvalue weighted by molar-refractivity contribution is 5.18. The molecular weight excluding hydrogens is 204 g/mol. The van der Waals surface area contributed by atoms with Gasteiger partial charge in [0.15, 0.2) is 0 Å². The maximum absolute atomic E-state index is 8.60. The van der Waals surface area contributed by atoms with Gasteiger partial charge >= 0.3 is 0 Å². The molecule has 1 unspecified atom stereocenters. The van der Waals surface area contributed by atoms with Gasteiger partial charge in [-0.15, -0.1) is 0 Å². The van der Waals surface area contributed by atoms with E-state index in [1.54, 1.807) is 6.07 Å². The number of hydrogen-bond donors (Lipinski definition) is 1. The van der Waals surface area contributed by atoms with Crippen LogP contribution in [0.25, 0.3) is 0 Å². The Hall–Kier alpha value is -1.31. The first-order valence-corrected chi connectivity index (χ1v) is 5.69. The fourth-order valence-electron chi connectivity index (χ4n) is 1.86. The standard InChI is InChI=1S/C12H16N2O2/c13-7-10-4-5-12(16-10)9-14-8-11-3-1-2-6-15-11/h4-5,11,14H,1-3,6,8-9H2. The van der Waals surface area contributed by atoms with Gasteiger partial charge in [0.2, 0.25) is 5.76 Å². The zero-order valence-electron chi connectivity index (χ0n) is 9.24. The van der Waals surface area contributed by atoms with E-state index >= 15 is 0 Å². The molecule has 1 fully saturated rings. The fourth-order valence-corrected chi connectivity index (χ4v) is 1.86. The van der Waals surface area contributed by atoms with Crippen molar-refractivity contribution in [3.05, 3.63) is 23.7 Å². The minimum absolute atomic E-state index is 0.333. The van der Waals surface area contributed by atoms with Crippen molar-refractivity contribution in [3.8, 4) is 6.07 Å². The monoisotopic (exact) mass is 220 g/mol. The smallest absolute Gasteiger partial charge is 0.203 e. The zero-order valence-corrected chi connectivity index (χ0v) is 9.24. The molecule has 0 bridgehead atoms. The van der Waals surface area contributed by atoms with Crippen LogP contribution in [0.3, 0.4) is 0 Å². The van der Waals surface area contributed by atoms with Crippen molar-refractivity contribution in [1.82, 2.24) is 5.32 Å². The van der Waals surface area contributed by atoms with Crippen LogP contribution < -0.4 is 5.32 Å². The lowest BCUT2D eigenvalue weighted by atomic mass is 10.1. The summed E-state index contributed by atoms with van der Waals surface area (Å²) in [5.41, 5.74) is 0. The summed E-state index contributed by atoms with van der Waals surface area (Å²) >= 11 is 0. The lowest BCUT2D eigenvalue weighted by Gasteiger charge is -2.22. The third-order valence-corrected chi connectivity index (χ3v) is 2.72. The summed E-state index contributed by atoms with van der Waals surface area (Å²) in [6, 6.07) is 5.48. The van der Waals surface area contributed by atoms with Gasteiger partial charge in [0.1, 0.15) is 11.8 Å². The van der Waals surface area contributed by atoms with E-state index in [0.29, 0.717) is 18.4 Å². The van der Waals surface area contributed by atoms with Gasteiger partial charge in [-0.25, -0.2) is 0 Å². The molecule has 1 aromatic rings. The van der Waals surface area contributed by atoms with Crippen molar-refractivity contribution in [3.63, 3.8) is 0 Å². The molecule has 0 spiro atoms. The van der Waals surface area contributed by atoms with Gasteiger partial charge in [-0.2, -0.15) is 5.26 Å². The summed E-state index contributed by atoms with van der Waals surface area (Å²) in [6.45, 7) is 2.38. The highest BCUT2D eigenvalue weighted by atomic mass is 16.5. The molecule has 1 atom stereocenters. The first kappa shape index (κ1) is 11.2. The van der Waals surface area contributed by atoms with Gasteiger partial charge in [-0.3, -0.25) is 0 Å². The van der Waals surface area contributed by atoms with Crippen molar-refractivity contribution in [2.45, 2.75) is 31.9 Å². The van der Waals surface area contributed by atoms with E-state index < -0.39 is 0 Å². The lowest BCUT2D eigenvalue weighted by Crippen LogP contribution is -2.31. The fraction of sp³-hybridized carbons (Fsp3) is 0.583. The second-order valence-corrected chi connectivity index (χ2v) is 4.00. The van der Waals surface area contributed by atoms with Crippen LogP contribution in [0.15, 0.2) is 16.5 Å². The maximum atomic E-state index is 8.60. The molecule has 1 N–H and O–H groups in total. The Balaban J connectivity index is 1.69. The predicted molar refractivity (Wildman–Crippen MR) is 58.7 cm³/mol. The van der Waals surface area contributed by atoms with E-state index in [2.05, 4.69) is 5.32 Å². The van der Waals surface area contributed by atoms with Crippen molar-refractivity contribution in [2.24, 2.45) is 0 Å². The van der Waals surface area contributed by atoms with Crippen molar-refractivity contribution >= 4 is 0 Å². The zero-order chi connectivity index (χ0) is 11.2. The molecule has 0 amide bonds. The second-order valence-electron chi connectivity index (χ2n) is 4.00. The summed E-state index contributed by atoms with van der Waals surface area (Å²) in [7, 11) is 0. The van der Waals surface area contributed by atoms with Crippen LogP contribution in [-0.4, -0.2) is 19.3 Å². The molecule has 86 valence electrons. The van der Waals surface area contributed by atoms with Crippen LogP contribution in [0.2, 0.25) is 0 Å². The molecule has 16 heavy (non-hydrogen) atoms. The summed E-state index contributed by atoms with van der Waals surface area (Å²) in [5.74, 6) is 1.16. The van der Waals surface area contributed by atoms with Gasteiger partial charge in [0.05, 0.1) is 12.6 Å². The first-order valence-electron chi connectivity index (χ1n) is 5.69. The Kier molecular flexibility index (Phi) is 3.97. The number of rotatable bonds is 4. The number of hydrogen-bond acceptors (Lipinski definition) is 4. The minimum Gasteiger partial charge on any atom is -0.449 e. The van der Waals surface area contributed by atoms with Gasteiger partial charge in [0, 0.05) is 13.2 Å². The molecule has 2 rings (SSSR count). The summed E-state index contributed by atoms with van der Waals surface area (Å²) < 4.78 is 10.9. The summed E-state index contributed by atoms with van der Waals surface area (Å²) in [4.78, 5) is 0. The first-order chi connectivity index (χ1) is 7.88. The van der Waals surface area contributed by atoms with E-state index in [1.165, 1.54) is 12.8 Å². The van der Waals surface area contributed by atoms with Gasteiger partial charge in [0.25, 0.3) is 0 Å². The van der Waals surface area contributed by atoms with Gasteiger partial charge in [-0.1, -0.05) is 0 Å². The maximum Gasteiger partial charge on any atom is 0.203 e. The van der Waals surface area contributed by atoms with Crippen molar-refractivity contribution < 1.29 is 9.15 Å². The highest BCUT2D eigenvalue weighted by Gasteiger charge is 2.13. The molecule has 1 aromatic heterocycles. The largest absolute Gasteiger partial charge is 0.449 e. The van der Waals surface area contributed by atoms with Crippen molar-refractivity contribution in [1.29, 1.82) is 5.26 Å². The normalized spacial score (nSPS) is 20.6. The molecule has 2 heterocycles. The van der Waals surface area contributed by atoms with Crippen LogP contribution in [0.1, 0.15) is 30.8 Å². The van der Waals surface area contributed by atoms with E-state index in [1.807, 2.05) is 12.1 Å². The molecule has 0 aromatic carbocycles. The van der Waals surface area contributed by atoms with Crippen molar-refractivity contribution in [2.75, 3.05) is 13.2 Å². The number of nitrogens with one attached hydrogen (secondary N) is 1. The number of ether oxygens (including phenoxy) is 1. The van der Waals surface area contributed by atoms with E-state index in [0.717, 1.165) is 25.3 Å². The average molecular weight is 220 g/mol. The lowest BCUT2D eigenvalue weighted by molar-refractivity contribution is 0.0166. The molecule has 0 aliphatic carbocycles. The van der Waals surface area contributed by atoms with E-state index in [-0.39, 0.29) is 0 Å². The Labute approximate surface area is 95.2 Å². The Morgan fingerprint density at radius 2 is 2.38 bits per heavy atom. The third kappa shape index (κ3) is 3.09. The molecule has 0 saturated carbocycles. The van der Waals surface area contributed by atoms with E-state index in [4.69, 9.17) is 14.4 Å². The van der Waals surface area contributed by atoms with Gasteiger partial charge in [-0.05, 0) is 31.4 Å². The second kappa shape index (κ2) is 5.69. The van der Waals surface area contributed by atoms with Crippen LogP contribution >= 0.6 is 0 Å². The minimum atomic E-state index is 0.333. The Bertz CT molecular complexity index is 361. The molecule has 0 radical (unpaired) electrons. The predicted octanol–water partition coefficient (Wildman–Crippen LogP) is 1.81. The van der Waals surface area contributed by atoms with Gasteiger partial charge < -0.3 is 14.5 Å². The van der Waals surface area contributed by atoms with Crippen LogP contribution in [-0.2, 0) is 11.3 Å². The highest BCUT2D eigenvalue weighted by Crippen LogP contribution is 2.12. The average Bonchev–Trinajstić information content (AvgIpc) is 2.78. The molecule has 1 aliphatic rings. The SMILES string of the molecule is N#Cc1ccc(CNCC2CCCCO2)o1. The topological polar surface area (TPSA) is 58.2 Å². The number of nitriles is 1. The van der Waals surface area contributed by atoms with Crippen LogP contribution in [0, 0.1) is 11.3 Å². The van der Waals surface area contributed by atoms with Crippen LogP contribution in [0.5, 0.6) is 0 Å². The summed E-state index contributed by atoms with van der Waals surface area (Å²) in [6.07, 6.45) is 3.90. The molecule has 4 heteroatoms. The quantitative estimate of drug-likeness (QED) is 0.840. The number of nitrogens with zero attached hydrogens (tertiary/aromatic N) is 1. The molecule has 1 aliphatic heterocycles. The summed E-state index contributed by atoms with van der Waals surface area (Å²) in [5, 5.41) is 11.9. The Morgan fingerprint density at radius 3 is 3.06 bits per heavy atom. The molecule has 4 nitrogen and oxygen atoms in total. The van der Waals surface area contributed by atoms with E-state index in [9.17, 15) is 0 Å². The third-order valence-electron chi connectivity index (χ3n) is 2.72. The Morgan fingerprint density at radius 1 is 1.44 bits per heavy atom.